The van der Waals surface area contributed by atoms with Gasteiger partial charge in [-0.3, -0.25) is 9.89 Å². The zero-order valence-corrected chi connectivity index (χ0v) is 19.6. The second-order valence-corrected chi connectivity index (χ2v) is 6.76. The van der Waals surface area contributed by atoms with Gasteiger partial charge in [0.25, 0.3) is 0 Å². The van der Waals surface area contributed by atoms with Crippen LogP contribution in [-0.4, -0.2) is 81.8 Å². The number of rotatable bonds is 9. The lowest BCUT2D eigenvalue weighted by Crippen LogP contribution is -2.43. The van der Waals surface area contributed by atoms with Crippen LogP contribution in [0.25, 0.3) is 0 Å². The van der Waals surface area contributed by atoms with Gasteiger partial charge >= 0.3 is 0 Å². The summed E-state index contributed by atoms with van der Waals surface area (Å²) in [6.07, 6.45) is 0. The number of morpholine rings is 1. The monoisotopic (exact) mass is 507 g/mol. The van der Waals surface area contributed by atoms with Gasteiger partial charge in [0.05, 0.1) is 25.8 Å². The van der Waals surface area contributed by atoms with Gasteiger partial charge in [-0.15, -0.1) is 24.0 Å². The molecule has 2 N–H and O–H groups in total. The summed E-state index contributed by atoms with van der Waals surface area (Å²) in [4.78, 5) is 9.44. The third kappa shape index (κ3) is 8.59. The smallest absolute Gasteiger partial charge is 0.191 e. The number of benzene rings is 1. The Balaban J connectivity index is 0.00000392. The van der Waals surface area contributed by atoms with E-state index in [4.69, 9.17) is 9.73 Å². The summed E-state index contributed by atoms with van der Waals surface area (Å²) < 4.78 is 18.8. The number of ether oxygens (including phenoxy) is 1. The van der Waals surface area contributed by atoms with E-state index in [9.17, 15) is 4.39 Å². The first-order valence-electron chi connectivity index (χ1n) is 9.92. The van der Waals surface area contributed by atoms with Crippen LogP contribution in [0.1, 0.15) is 25.5 Å². The van der Waals surface area contributed by atoms with E-state index in [0.717, 1.165) is 64.0 Å². The van der Waals surface area contributed by atoms with Crippen LogP contribution in [0.15, 0.2) is 29.3 Å². The van der Waals surface area contributed by atoms with Gasteiger partial charge in [0.15, 0.2) is 5.96 Å². The Morgan fingerprint density at radius 2 is 1.89 bits per heavy atom. The van der Waals surface area contributed by atoms with Crippen LogP contribution in [-0.2, 0) is 4.74 Å². The molecule has 0 amide bonds. The highest BCUT2D eigenvalue weighted by atomic mass is 127. The van der Waals surface area contributed by atoms with E-state index in [1.165, 1.54) is 12.1 Å². The molecule has 1 aliphatic rings. The zero-order chi connectivity index (χ0) is 19.5. The Morgan fingerprint density at radius 3 is 2.50 bits per heavy atom. The van der Waals surface area contributed by atoms with Gasteiger partial charge < -0.3 is 20.3 Å². The van der Waals surface area contributed by atoms with Crippen LogP contribution < -0.4 is 10.6 Å². The first-order chi connectivity index (χ1) is 13.1. The van der Waals surface area contributed by atoms with E-state index in [2.05, 4.69) is 41.3 Å². The van der Waals surface area contributed by atoms with E-state index < -0.39 is 0 Å². The number of nitrogens with one attached hydrogen (secondary N) is 2. The van der Waals surface area contributed by atoms with E-state index >= 15 is 0 Å². The van der Waals surface area contributed by atoms with Crippen molar-refractivity contribution in [1.29, 1.82) is 0 Å². The molecule has 2 rings (SSSR count). The maximum absolute atomic E-state index is 13.4. The van der Waals surface area contributed by atoms with Crippen LogP contribution >= 0.6 is 24.0 Å². The molecule has 1 atom stereocenters. The molecule has 0 aliphatic carbocycles. The number of hydrogen-bond donors (Lipinski definition) is 2. The summed E-state index contributed by atoms with van der Waals surface area (Å²) in [5, 5.41) is 6.71. The lowest BCUT2D eigenvalue weighted by Gasteiger charge is -2.34. The second kappa shape index (κ2) is 14.1. The highest BCUT2D eigenvalue weighted by Crippen LogP contribution is 2.22. The number of nitrogens with zero attached hydrogens (tertiary/aromatic N) is 3. The summed E-state index contributed by atoms with van der Waals surface area (Å²) in [7, 11) is 2.11. The predicted molar refractivity (Wildman–Crippen MR) is 124 cm³/mol. The number of guanidine groups is 1. The molecule has 1 heterocycles. The van der Waals surface area contributed by atoms with Crippen molar-refractivity contribution in [3.05, 3.63) is 35.6 Å². The van der Waals surface area contributed by atoms with E-state index in [1.54, 1.807) is 0 Å². The standard InChI is InChI=1S/C20H34FN5O.HI/c1-4-22-20(23-10-11-25(3)5-2)24-16-19(26-12-14-27-15-13-26)17-6-8-18(21)9-7-17;/h6-9,19H,4-5,10-16H2,1-3H3,(H2,22,23,24);1H. The van der Waals surface area contributed by atoms with Crippen LogP contribution in [0.4, 0.5) is 4.39 Å². The Hall–Kier alpha value is -0.970. The topological polar surface area (TPSA) is 52.1 Å². The molecule has 1 saturated heterocycles. The largest absolute Gasteiger partial charge is 0.379 e. The molecule has 1 aliphatic heterocycles. The summed E-state index contributed by atoms with van der Waals surface area (Å²) in [6, 6.07) is 6.89. The predicted octanol–water partition coefficient (Wildman–Crippen LogP) is 2.32. The Morgan fingerprint density at radius 1 is 1.21 bits per heavy atom. The molecule has 0 spiro atoms. The third-order valence-electron chi connectivity index (χ3n) is 4.83. The molecule has 0 radical (unpaired) electrons. The summed E-state index contributed by atoms with van der Waals surface area (Å²) in [5.41, 5.74) is 1.09. The first-order valence-corrected chi connectivity index (χ1v) is 9.92. The van der Waals surface area contributed by atoms with Crippen LogP contribution in [0.3, 0.4) is 0 Å². The molecule has 0 bridgehead atoms. The molecule has 1 fully saturated rings. The zero-order valence-electron chi connectivity index (χ0n) is 17.3. The number of hydrogen-bond acceptors (Lipinski definition) is 4. The van der Waals surface area contributed by atoms with Gasteiger partial charge in [0.1, 0.15) is 5.82 Å². The fourth-order valence-corrected chi connectivity index (χ4v) is 3.05. The molecule has 6 nitrogen and oxygen atoms in total. The van der Waals surface area contributed by atoms with Gasteiger partial charge in [-0.1, -0.05) is 19.1 Å². The van der Waals surface area contributed by atoms with Crippen LogP contribution in [0.2, 0.25) is 0 Å². The molecular formula is C20H35FIN5O. The summed E-state index contributed by atoms with van der Waals surface area (Å²) in [5.74, 6) is 0.611. The van der Waals surface area contributed by atoms with Crippen LogP contribution in [0.5, 0.6) is 0 Å². The maximum atomic E-state index is 13.4. The fourth-order valence-electron chi connectivity index (χ4n) is 3.05. The minimum Gasteiger partial charge on any atom is -0.379 e. The average Bonchev–Trinajstić information content (AvgIpc) is 2.70. The fraction of sp³-hybridized carbons (Fsp3) is 0.650. The quantitative estimate of drug-likeness (QED) is 0.306. The highest BCUT2D eigenvalue weighted by Gasteiger charge is 2.22. The summed E-state index contributed by atoms with van der Waals surface area (Å²) >= 11 is 0. The molecular weight excluding hydrogens is 472 g/mol. The van der Waals surface area contributed by atoms with E-state index in [1.807, 2.05) is 12.1 Å². The molecule has 0 aromatic heterocycles. The van der Waals surface area contributed by atoms with Gasteiger partial charge in [0.2, 0.25) is 0 Å². The normalized spacial score (nSPS) is 16.5. The van der Waals surface area contributed by atoms with Gasteiger partial charge in [-0.05, 0) is 38.2 Å². The molecule has 0 saturated carbocycles. The maximum Gasteiger partial charge on any atom is 0.191 e. The SMILES string of the molecule is CCNC(=NCC(c1ccc(F)cc1)N1CCOCC1)NCCN(C)CC.I. The van der Waals surface area contributed by atoms with Crippen molar-refractivity contribution in [3.8, 4) is 0 Å². The van der Waals surface area contributed by atoms with Crippen LogP contribution in [0, 0.1) is 5.82 Å². The van der Waals surface area contributed by atoms with Crippen molar-refractivity contribution in [3.63, 3.8) is 0 Å². The molecule has 160 valence electrons. The Bertz CT molecular complexity index is 566. The van der Waals surface area contributed by atoms with Crippen molar-refractivity contribution < 1.29 is 9.13 Å². The molecule has 28 heavy (non-hydrogen) atoms. The lowest BCUT2D eigenvalue weighted by molar-refractivity contribution is 0.0179. The van der Waals surface area contributed by atoms with Gasteiger partial charge in [-0.2, -0.15) is 0 Å². The third-order valence-corrected chi connectivity index (χ3v) is 4.83. The van der Waals surface area contributed by atoms with E-state index in [0.29, 0.717) is 6.54 Å². The molecule has 1 aromatic carbocycles. The average molecular weight is 507 g/mol. The van der Waals surface area contributed by atoms with Crippen molar-refractivity contribution in [2.24, 2.45) is 4.99 Å². The minimum atomic E-state index is -0.210. The Kier molecular flexibility index (Phi) is 12.6. The van der Waals surface area contributed by atoms with E-state index in [-0.39, 0.29) is 35.8 Å². The van der Waals surface area contributed by atoms with Crippen molar-refractivity contribution in [1.82, 2.24) is 20.4 Å². The van der Waals surface area contributed by atoms with Crippen molar-refractivity contribution in [2.75, 3.05) is 66.1 Å². The van der Waals surface area contributed by atoms with Crippen molar-refractivity contribution in [2.45, 2.75) is 19.9 Å². The second-order valence-electron chi connectivity index (χ2n) is 6.76. The highest BCUT2D eigenvalue weighted by molar-refractivity contribution is 14.0. The summed E-state index contributed by atoms with van der Waals surface area (Å²) in [6.45, 7) is 11.7. The first kappa shape index (κ1) is 25.1. The van der Waals surface area contributed by atoms with Crippen molar-refractivity contribution >= 4 is 29.9 Å². The molecule has 1 unspecified atom stereocenters. The number of halogens is 2. The Labute approximate surface area is 185 Å². The van der Waals surface area contributed by atoms with Gasteiger partial charge in [0, 0.05) is 32.7 Å². The number of likely N-dealkylation sites (N-methyl/N-ethyl adjacent to an activating group) is 1. The van der Waals surface area contributed by atoms with Gasteiger partial charge in [-0.25, -0.2) is 4.39 Å². The molecule has 8 heteroatoms. The lowest BCUT2D eigenvalue weighted by atomic mass is 10.0. The molecule has 1 aromatic rings. The minimum absolute atomic E-state index is 0. The number of aliphatic imine (C=N–C) groups is 1.